The molecule has 0 spiro atoms. The van der Waals surface area contributed by atoms with Crippen molar-refractivity contribution < 1.29 is 9.53 Å². The van der Waals surface area contributed by atoms with E-state index in [9.17, 15) is 4.79 Å². The van der Waals surface area contributed by atoms with E-state index in [0.29, 0.717) is 0 Å². The molecule has 0 aromatic rings. The fourth-order valence-electron chi connectivity index (χ4n) is 1.41. The Morgan fingerprint density at radius 2 is 2.30 bits per heavy atom. The van der Waals surface area contributed by atoms with Crippen molar-refractivity contribution in [3.05, 3.63) is 0 Å². The zero-order chi connectivity index (χ0) is 7.56. The van der Waals surface area contributed by atoms with E-state index in [1.54, 1.807) is 7.11 Å². The smallest absolute Gasteiger partial charge is 0.220 e. The van der Waals surface area contributed by atoms with Gasteiger partial charge in [-0.05, 0) is 19.3 Å². The molecular formula is C7H13NO2. The lowest BCUT2D eigenvalue weighted by Crippen LogP contribution is -2.21. The minimum Gasteiger partial charge on any atom is -0.381 e. The lowest BCUT2D eigenvalue weighted by atomic mass is 10.1. The second-order valence-electron chi connectivity index (χ2n) is 2.77. The second kappa shape index (κ2) is 3.01. The highest BCUT2D eigenvalue weighted by Gasteiger charge is 2.27. The van der Waals surface area contributed by atoms with Crippen molar-refractivity contribution >= 4 is 5.91 Å². The fraction of sp³-hybridized carbons (Fsp3) is 0.857. The monoisotopic (exact) mass is 143 g/mol. The van der Waals surface area contributed by atoms with Gasteiger partial charge in [-0.3, -0.25) is 4.79 Å². The summed E-state index contributed by atoms with van der Waals surface area (Å²) in [7, 11) is 1.67. The van der Waals surface area contributed by atoms with Crippen molar-refractivity contribution in [1.82, 2.24) is 0 Å². The van der Waals surface area contributed by atoms with E-state index >= 15 is 0 Å². The number of carbonyl (C=O) groups excluding carboxylic acids is 1. The largest absolute Gasteiger partial charge is 0.381 e. The number of rotatable bonds is 2. The average Bonchev–Trinajstić information content (AvgIpc) is 2.34. The lowest BCUT2D eigenvalue weighted by molar-refractivity contribution is -0.121. The third kappa shape index (κ3) is 1.48. The minimum absolute atomic E-state index is 0.0601. The number of methoxy groups -OCH3 is 1. The maximum atomic E-state index is 10.6. The molecule has 10 heavy (non-hydrogen) atoms. The van der Waals surface area contributed by atoms with Crippen LogP contribution in [0.15, 0.2) is 0 Å². The number of amides is 1. The molecule has 0 aromatic carbocycles. The molecule has 1 fully saturated rings. The summed E-state index contributed by atoms with van der Waals surface area (Å²) in [5.74, 6) is -0.121. The van der Waals surface area contributed by atoms with Crippen LogP contribution in [0.25, 0.3) is 0 Å². The van der Waals surface area contributed by atoms with Crippen LogP contribution in [0.2, 0.25) is 0 Å². The van der Waals surface area contributed by atoms with Crippen LogP contribution in [-0.4, -0.2) is 19.1 Å². The number of ether oxygens (including phenoxy) is 1. The summed E-state index contributed by atoms with van der Waals surface area (Å²) in [6.07, 6.45) is 2.95. The first-order valence-corrected chi connectivity index (χ1v) is 3.56. The van der Waals surface area contributed by atoms with Gasteiger partial charge < -0.3 is 10.5 Å². The maximum Gasteiger partial charge on any atom is 0.220 e. The zero-order valence-electron chi connectivity index (χ0n) is 6.17. The SMILES string of the molecule is CO[C@@H]1CC[C@@H](C(N)=O)C1. The molecule has 58 valence electrons. The standard InChI is InChI=1S/C7H13NO2/c1-10-6-3-2-5(4-6)7(8)9/h5-6H,2-4H2,1H3,(H2,8,9)/t5-,6-/m1/s1. The molecule has 2 atom stereocenters. The Morgan fingerprint density at radius 3 is 2.60 bits per heavy atom. The van der Waals surface area contributed by atoms with Crippen molar-refractivity contribution in [3.63, 3.8) is 0 Å². The zero-order valence-corrected chi connectivity index (χ0v) is 6.17. The highest BCUT2D eigenvalue weighted by atomic mass is 16.5. The van der Waals surface area contributed by atoms with Gasteiger partial charge in [-0.1, -0.05) is 0 Å². The topological polar surface area (TPSA) is 52.3 Å². The van der Waals surface area contributed by atoms with E-state index in [-0.39, 0.29) is 17.9 Å². The lowest BCUT2D eigenvalue weighted by Gasteiger charge is -2.05. The summed E-state index contributed by atoms with van der Waals surface area (Å²) in [6.45, 7) is 0. The van der Waals surface area contributed by atoms with Gasteiger partial charge in [-0.25, -0.2) is 0 Å². The van der Waals surface area contributed by atoms with Gasteiger partial charge in [0.15, 0.2) is 0 Å². The summed E-state index contributed by atoms with van der Waals surface area (Å²) in [5, 5.41) is 0. The molecule has 1 saturated carbocycles. The molecule has 2 N–H and O–H groups in total. The van der Waals surface area contributed by atoms with Crippen LogP contribution in [-0.2, 0) is 9.53 Å². The molecule has 0 radical (unpaired) electrons. The quantitative estimate of drug-likeness (QED) is 0.604. The highest BCUT2D eigenvalue weighted by Crippen LogP contribution is 2.26. The molecule has 0 aromatic heterocycles. The molecule has 0 aliphatic heterocycles. The Kier molecular flexibility index (Phi) is 2.27. The highest BCUT2D eigenvalue weighted by molar-refractivity contribution is 5.76. The van der Waals surface area contributed by atoms with E-state index in [1.807, 2.05) is 0 Å². The Bertz CT molecular complexity index is 136. The van der Waals surface area contributed by atoms with Crippen LogP contribution < -0.4 is 5.73 Å². The number of nitrogens with two attached hydrogens (primary N) is 1. The predicted molar refractivity (Wildman–Crippen MR) is 37.3 cm³/mol. The van der Waals surface area contributed by atoms with Gasteiger partial charge in [0.05, 0.1) is 6.10 Å². The fourth-order valence-corrected chi connectivity index (χ4v) is 1.41. The Hall–Kier alpha value is -0.570. The first-order chi connectivity index (χ1) is 4.74. The molecule has 0 unspecified atom stereocenters. The second-order valence-corrected chi connectivity index (χ2v) is 2.77. The van der Waals surface area contributed by atoms with Gasteiger partial charge in [0.2, 0.25) is 5.91 Å². The first kappa shape index (κ1) is 7.54. The van der Waals surface area contributed by atoms with Crippen LogP contribution in [0.1, 0.15) is 19.3 Å². The predicted octanol–water partition coefficient (Wildman–Crippen LogP) is 0.287. The Morgan fingerprint density at radius 1 is 1.60 bits per heavy atom. The summed E-state index contributed by atoms with van der Waals surface area (Å²) < 4.78 is 5.08. The molecule has 0 saturated heterocycles. The summed E-state index contributed by atoms with van der Waals surface area (Å²) in [4.78, 5) is 10.6. The number of hydrogen-bond acceptors (Lipinski definition) is 2. The van der Waals surface area contributed by atoms with Crippen molar-refractivity contribution in [1.29, 1.82) is 0 Å². The molecule has 1 rings (SSSR count). The van der Waals surface area contributed by atoms with Gasteiger partial charge in [0.25, 0.3) is 0 Å². The van der Waals surface area contributed by atoms with Crippen LogP contribution in [0.5, 0.6) is 0 Å². The molecule has 1 amide bonds. The van der Waals surface area contributed by atoms with Crippen LogP contribution in [0.4, 0.5) is 0 Å². The van der Waals surface area contributed by atoms with E-state index in [2.05, 4.69) is 0 Å². The third-order valence-corrected chi connectivity index (χ3v) is 2.12. The van der Waals surface area contributed by atoms with Crippen LogP contribution in [0, 0.1) is 5.92 Å². The van der Waals surface area contributed by atoms with Crippen molar-refractivity contribution in [2.45, 2.75) is 25.4 Å². The third-order valence-electron chi connectivity index (χ3n) is 2.12. The summed E-state index contributed by atoms with van der Waals surface area (Å²) >= 11 is 0. The van der Waals surface area contributed by atoms with E-state index in [4.69, 9.17) is 10.5 Å². The minimum atomic E-state index is -0.181. The van der Waals surface area contributed by atoms with Gasteiger partial charge in [0.1, 0.15) is 0 Å². The number of hydrogen-bond donors (Lipinski definition) is 1. The van der Waals surface area contributed by atoms with Crippen molar-refractivity contribution in [2.75, 3.05) is 7.11 Å². The van der Waals surface area contributed by atoms with E-state index in [0.717, 1.165) is 19.3 Å². The molecule has 1 aliphatic carbocycles. The molecule has 3 heteroatoms. The molecular weight excluding hydrogens is 130 g/mol. The van der Waals surface area contributed by atoms with Gasteiger partial charge >= 0.3 is 0 Å². The van der Waals surface area contributed by atoms with E-state index in [1.165, 1.54) is 0 Å². The molecule has 0 bridgehead atoms. The van der Waals surface area contributed by atoms with Gasteiger partial charge in [-0.2, -0.15) is 0 Å². The number of carbonyl (C=O) groups is 1. The normalized spacial score (nSPS) is 32.5. The van der Waals surface area contributed by atoms with Gasteiger partial charge in [-0.15, -0.1) is 0 Å². The van der Waals surface area contributed by atoms with Gasteiger partial charge in [0, 0.05) is 13.0 Å². The number of primary amides is 1. The average molecular weight is 143 g/mol. The summed E-state index contributed by atoms with van der Waals surface area (Å²) in [5.41, 5.74) is 5.12. The van der Waals surface area contributed by atoms with Crippen molar-refractivity contribution in [3.8, 4) is 0 Å². The molecule has 0 heterocycles. The Labute approximate surface area is 60.5 Å². The first-order valence-electron chi connectivity index (χ1n) is 3.56. The molecule has 1 aliphatic rings. The van der Waals surface area contributed by atoms with E-state index < -0.39 is 0 Å². The Balaban J connectivity index is 2.35. The van der Waals surface area contributed by atoms with Crippen molar-refractivity contribution in [2.24, 2.45) is 11.7 Å². The molecule has 3 nitrogen and oxygen atoms in total. The van der Waals surface area contributed by atoms with Crippen LogP contribution >= 0.6 is 0 Å². The maximum absolute atomic E-state index is 10.6. The van der Waals surface area contributed by atoms with Crippen LogP contribution in [0.3, 0.4) is 0 Å². The summed E-state index contributed by atoms with van der Waals surface area (Å²) in [6, 6.07) is 0.